The smallest absolute Gasteiger partial charge is 0.247 e. The molecule has 388 valence electrons. The topological polar surface area (TPSA) is 173 Å². The van der Waals surface area contributed by atoms with Crippen LogP contribution in [0, 0.1) is 12.8 Å². The molecule has 0 radical (unpaired) electrons. The number of fused-ring (bicyclic) bond motifs is 1. The van der Waals surface area contributed by atoms with Gasteiger partial charge in [0, 0.05) is 98.2 Å². The van der Waals surface area contributed by atoms with Crippen LogP contribution in [0.25, 0.3) is 5.69 Å². The summed E-state index contributed by atoms with van der Waals surface area (Å²) in [4.78, 5) is 88.3. The Morgan fingerprint density at radius 3 is 2.26 bits per heavy atom. The zero-order chi connectivity index (χ0) is 52.3. The van der Waals surface area contributed by atoms with Gasteiger partial charge in [0.05, 0.1) is 37.1 Å². The number of carbonyl (C=O) groups excluding carboxylic acids is 5. The van der Waals surface area contributed by atoms with Gasteiger partial charge in [-0.15, -0.1) is 0 Å². The third kappa shape index (κ3) is 14.0. The Morgan fingerprint density at radius 2 is 1.56 bits per heavy atom. The number of aromatic amines is 1. The molecule has 1 saturated carbocycles. The molecule has 0 bridgehead atoms. The van der Waals surface area contributed by atoms with E-state index in [2.05, 4.69) is 25.5 Å². The number of hydrogen-bond acceptors (Lipinski definition) is 9. The number of benzene rings is 3. The van der Waals surface area contributed by atoms with Crippen molar-refractivity contribution < 1.29 is 38.4 Å². The van der Waals surface area contributed by atoms with Crippen LogP contribution in [0.1, 0.15) is 73.7 Å². The van der Waals surface area contributed by atoms with E-state index in [1.165, 1.54) is 16.9 Å². The second kappa shape index (κ2) is 25.1. The average Bonchev–Trinajstić information content (AvgIpc) is 3.73. The van der Waals surface area contributed by atoms with Crippen LogP contribution in [-0.4, -0.2) is 131 Å². The van der Waals surface area contributed by atoms with Gasteiger partial charge in [0.2, 0.25) is 29.5 Å². The lowest BCUT2D eigenvalue weighted by atomic mass is 9.87. The number of carbonyl (C=O) groups is 5. The van der Waals surface area contributed by atoms with Gasteiger partial charge < -0.3 is 44.3 Å². The van der Waals surface area contributed by atoms with Gasteiger partial charge in [-0.25, -0.2) is 9.97 Å². The Hall–Kier alpha value is -6.33. The Morgan fingerprint density at radius 1 is 0.836 bits per heavy atom. The maximum Gasteiger partial charge on any atom is 0.247 e. The van der Waals surface area contributed by atoms with E-state index < -0.39 is 41.8 Å². The highest BCUT2D eigenvalue weighted by Crippen LogP contribution is 2.32. The lowest BCUT2D eigenvalue weighted by Crippen LogP contribution is -2.58. The summed E-state index contributed by atoms with van der Waals surface area (Å²) in [7, 11) is 8.78. The van der Waals surface area contributed by atoms with Crippen LogP contribution in [0.15, 0.2) is 97.5 Å². The van der Waals surface area contributed by atoms with Crippen LogP contribution in [-0.2, 0) is 54.6 Å². The minimum atomic E-state index is -1.20. The lowest BCUT2D eigenvalue weighted by Gasteiger charge is -2.40. The summed E-state index contributed by atoms with van der Waals surface area (Å²) >= 11 is 12.9. The first-order valence-electron chi connectivity index (χ1n) is 24.8. The van der Waals surface area contributed by atoms with E-state index in [0.29, 0.717) is 52.9 Å². The van der Waals surface area contributed by atoms with Crippen molar-refractivity contribution >= 4 is 52.7 Å². The summed E-state index contributed by atoms with van der Waals surface area (Å²) in [6, 6.07) is 21.6. The number of nitrogens with one attached hydrogen (secondary N) is 3. The second-order valence-electron chi connectivity index (χ2n) is 19.6. The largest absolute Gasteiger partial charge is 0.457 e. The molecule has 73 heavy (non-hydrogen) atoms. The maximum atomic E-state index is 15.2. The first kappa shape index (κ1) is 54.4. The standard InChI is InChI=1S/C55H67Cl2N9O7/c1-35-47(32-62(3)4)59-34-66(35)43-21-23-45(24-22-43)73-50-29-41(57)20-17-38(50)31-65-36(2)53(69)61-48(33-72-7)55(71)63(5)44(26-37-15-18-40(56)19-16-37)30-51(67)60-46-13-8-9-14-49(46)64(6)54(70)39(28-52(65)68)27-42-12-10-11-25-58-42/h10-12,15-25,29,34,36,39,44,46,48-49H,8-9,13-14,26-28,30-33H2,1-7H3,(H,60,67)(H,61,69)/p+1/t36-,39+,44-,46-,48-,49-/m0/s1. The lowest BCUT2D eigenvalue weighted by molar-refractivity contribution is -0.390. The molecular weight excluding hydrogens is 970 g/mol. The number of amides is 5. The molecule has 1 aliphatic carbocycles. The predicted octanol–water partition coefficient (Wildman–Crippen LogP) is 6.61. The highest BCUT2D eigenvalue weighted by molar-refractivity contribution is 6.31. The third-order valence-electron chi connectivity index (χ3n) is 14.0. The van der Waals surface area contributed by atoms with Gasteiger partial charge in [0.25, 0.3) is 0 Å². The maximum absolute atomic E-state index is 15.2. The van der Waals surface area contributed by atoms with Crippen molar-refractivity contribution in [1.29, 1.82) is 0 Å². The number of nitrogens with zero attached hydrogens (tertiary/aromatic N) is 6. The molecule has 5 amide bonds. The molecule has 7 rings (SSSR count). The quantitative estimate of drug-likeness (QED) is 0.132. The molecule has 5 aromatic rings. The summed E-state index contributed by atoms with van der Waals surface area (Å²) < 4.78 is 14.1. The van der Waals surface area contributed by atoms with E-state index >= 15 is 9.59 Å². The Kier molecular flexibility index (Phi) is 18.7. The van der Waals surface area contributed by atoms with Crippen LogP contribution < -0.4 is 20.4 Å². The zero-order valence-corrected chi connectivity index (χ0v) is 44.3. The molecule has 6 atom stereocenters. The Bertz CT molecular complexity index is 2700. The molecule has 3 aromatic carbocycles. The van der Waals surface area contributed by atoms with E-state index in [4.69, 9.17) is 32.7 Å². The summed E-state index contributed by atoms with van der Waals surface area (Å²) in [6.07, 6.45) is 6.73. The van der Waals surface area contributed by atoms with Crippen molar-refractivity contribution in [3.63, 3.8) is 0 Å². The normalized spacial score (nSPS) is 21.9. The minimum absolute atomic E-state index is 0.0532. The van der Waals surface area contributed by atoms with E-state index in [0.717, 1.165) is 41.2 Å². The number of imidazole rings is 1. The van der Waals surface area contributed by atoms with Crippen LogP contribution in [0.4, 0.5) is 0 Å². The third-order valence-corrected chi connectivity index (χ3v) is 14.5. The highest BCUT2D eigenvalue weighted by Gasteiger charge is 2.40. The molecule has 2 aromatic heterocycles. The van der Waals surface area contributed by atoms with Gasteiger partial charge in [-0.1, -0.05) is 60.3 Å². The van der Waals surface area contributed by atoms with Gasteiger partial charge in [-0.05, 0) is 101 Å². The van der Waals surface area contributed by atoms with Crippen molar-refractivity contribution in [2.75, 3.05) is 41.9 Å². The number of hydrogen-bond donors (Lipinski definition) is 2. The van der Waals surface area contributed by atoms with Crippen LogP contribution in [0.5, 0.6) is 11.5 Å². The van der Waals surface area contributed by atoms with Gasteiger partial charge >= 0.3 is 0 Å². The molecule has 3 heterocycles. The zero-order valence-electron chi connectivity index (χ0n) is 42.8. The molecule has 18 heteroatoms. The van der Waals surface area contributed by atoms with Gasteiger partial charge in [-0.2, -0.15) is 0 Å². The highest BCUT2D eigenvalue weighted by atomic mass is 35.5. The predicted molar refractivity (Wildman–Crippen MR) is 279 cm³/mol. The van der Waals surface area contributed by atoms with E-state index in [1.807, 2.05) is 80.2 Å². The molecule has 1 aliphatic heterocycles. The minimum Gasteiger partial charge on any atom is -0.457 e. The molecule has 2 aliphatic rings. The Balaban J connectivity index is 1.25. The van der Waals surface area contributed by atoms with Crippen molar-refractivity contribution in [3.05, 3.63) is 136 Å². The number of ether oxygens (including phenoxy) is 2. The van der Waals surface area contributed by atoms with E-state index in [9.17, 15) is 14.4 Å². The molecule has 16 nitrogen and oxygen atoms in total. The fraction of sp³-hybridized carbons (Fsp3) is 0.436. The van der Waals surface area contributed by atoms with Crippen molar-refractivity contribution in [2.45, 2.75) is 109 Å². The van der Waals surface area contributed by atoms with Crippen LogP contribution in [0.3, 0.4) is 0 Å². The molecule has 0 spiro atoms. The number of rotatable bonds is 13. The number of pyridine rings is 1. The fourth-order valence-corrected chi connectivity index (χ4v) is 10.1. The molecule has 2 fully saturated rings. The monoisotopic (exact) mass is 1040 g/mol. The summed E-state index contributed by atoms with van der Waals surface area (Å²) in [5.41, 5.74) is 5.00. The summed E-state index contributed by atoms with van der Waals surface area (Å²) in [5, 5.41) is 7.06. The number of H-pyrrole nitrogens is 1. The average molecular weight is 1040 g/mol. The van der Waals surface area contributed by atoms with Gasteiger partial charge in [0.1, 0.15) is 23.6 Å². The van der Waals surface area contributed by atoms with Crippen molar-refractivity contribution in [1.82, 2.24) is 39.8 Å². The molecule has 0 unspecified atom stereocenters. The number of aromatic nitrogens is 3. The number of methoxy groups -OCH3 is 1. The second-order valence-corrected chi connectivity index (χ2v) is 20.4. The van der Waals surface area contributed by atoms with Crippen LogP contribution >= 0.6 is 23.2 Å². The van der Waals surface area contributed by atoms with E-state index in [1.54, 1.807) is 68.8 Å². The molecule has 1 saturated heterocycles. The first-order chi connectivity index (χ1) is 35.0. The summed E-state index contributed by atoms with van der Waals surface area (Å²) in [5.74, 6) is -2.16. The van der Waals surface area contributed by atoms with Gasteiger partial charge in [0.15, 0.2) is 11.9 Å². The SMILES string of the molecule is COC[C@@H]1NC(=O)[C@H](C)N(Cc2ccc(Cl)cc2Oc2ccc(-n3cnc(CN(C)C)c3C)cc2)C(=O)C[C@@H](Cc2cccc[nH+]2)C(=O)N(C)[C@H]2CCCC[C@@H]2NC(=O)C[C@H](Cc2ccc(Cl)cc2)N(C)C1=O. The number of likely N-dealkylation sites (N-methyl/N-ethyl adjacent to an activating group) is 2. The molecular formula is C55H68Cl2N9O7+. The first-order valence-corrected chi connectivity index (χ1v) is 25.6. The Labute approximate surface area is 438 Å². The van der Waals surface area contributed by atoms with Gasteiger partial charge in [-0.3, -0.25) is 24.0 Å². The van der Waals surface area contributed by atoms with E-state index in [-0.39, 0.29) is 56.3 Å². The van der Waals surface area contributed by atoms with Crippen LogP contribution in [0.2, 0.25) is 10.0 Å². The van der Waals surface area contributed by atoms with Crippen molar-refractivity contribution in [3.8, 4) is 17.2 Å². The number of halogens is 2. The summed E-state index contributed by atoms with van der Waals surface area (Å²) in [6.45, 7) is 4.00. The fourth-order valence-electron chi connectivity index (χ4n) is 9.85. The molecule has 3 N–H and O–H groups in total. The van der Waals surface area contributed by atoms with Crippen molar-refractivity contribution in [2.24, 2.45) is 5.92 Å².